The molecule has 0 N–H and O–H groups in total. The van der Waals surface area contributed by atoms with Crippen LogP contribution < -0.4 is 4.90 Å². The van der Waals surface area contributed by atoms with E-state index in [9.17, 15) is 14.9 Å². The van der Waals surface area contributed by atoms with Gasteiger partial charge in [-0.2, -0.15) is 5.10 Å². The lowest BCUT2D eigenvalue weighted by Crippen LogP contribution is -2.24. The summed E-state index contributed by atoms with van der Waals surface area (Å²) < 4.78 is 1.57. The molecule has 2 heterocycles. The summed E-state index contributed by atoms with van der Waals surface area (Å²) in [6.45, 7) is 9.02. The highest BCUT2D eigenvalue weighted by atomic mass is 32.1. The van der Waals surface area contributed by atoms with Crippen LogP contribution in [0.15, 0.2) is 23.6 Å². The number of amides is 1. The number of hydrogen-bond acceptors (Lipinski definition) is 6. The molecule has 1 aromatic carbocycles. The van der Waals surface area contributed by atoms with Gasteiger partial charge < -0.3 is 0 Å². The van der Waals surface area contributed by atoms with E-state index in [2.05, 4.69) is 10.1 Å². The number of nitrogens with zero attached hydrogens (tertiary/aromatic N) is 5. The van der Waals surface area contributed by atoms with Crippen molar-refractivity contribution in [2.24, 2.45) is 0 Å². The van der Waals surface area contributed by atoms with Gasteiger partial charge in [0, 0.05) is 12.3 Å². The molecule has 0 aliphatic heterocycles. The molecule has 0 atom stereocenters. The molecule has 0 saturated heterocycles. The lowest BCUT2D eigenvalue weighted by atomic mass is 10.1. The number of aromatic nitrogens is 3. The van der Waals surface area contributed by atoms with Gasteiger partial charge in [0.15, 0.2) is 5.13 Å². The third-order valence-electron chi connectivity index (χ3n) is 4.55. The van der Waals surface area contributed by atoms with Gasteiger partial charge in [-0.25, -0.2) is 4.98 Å². The van der Waals surface area contributed by atoms with Crippen molar-refractivity contribution in [3.63, 3.8) is 0 Å². The molecule has 146 valence electrons. The molecule has 0 unspecified atom stereocenters. The van der Waals surface area contributed by atoms with E-state index in [1.54, 1.807) is 23.4 Å². The first-order valence-corrected chi connectivity index (χ1v) is 9.58. The number of carbonyl (C=O) groups is 1. The fourth-order valence-corrected chi connectivity index (χ4v) is 4.14. The van der Waals surface area contributed by atoms with Crippen molar-refractivity contribution in [3.05, 3.63) is 61.9 Å². The third kappa shape index (κ3) is 3.53. The summed E-state index contributed by atoms with van der Waals surface area (Å²) in [4.78, 5) is 29.4. The van der Waals surface area contributed by atoms with E-state index >= 15 is 0 Å². The predicted octanol–water partition coefficient (Wildman–Crippen LogP) is 4.21. The second kappa shape index (κ2) is 7.51. The zero-order valence-electron chi connectivity index (χ0n) is 16.4. The average molecular weight is 399 g/mol. The Labute approximate surface area is 166 Å². The fraction of sp³-hybridized carbons (Fsp3) is 0.316. The minimum atomic E-state index is -0.418. The van der Waals surface area contributed by atoms with Crippen molar-refractivity contribution in [1.29, 1.82) is 0 Å². The topological polar surface area (TPSA) is 94.2 Å². The number of thiazole rings is 1. The first-order valence-electron chi connectivity index (χ1n) is 8.70. The maximum atomic E-state index is 12.4. The molecule has 0 aliphatic rings. The minimum Gasteiger partial charge on any atom is -0.274 e. The van der Waals surface area contributed by atoms with Gasteiger partial charge in [-0.3, -0.25) is 24.5 Å². The van der Waals surface area contributed by atoms with Gasteiger partial charge in [0.2, 0.25) is 5.91 Å². The van der Waals surface area contributed by atoms with Crippen LogP contribution in [0.25, 0.3) is 0 Å². The number of aryl methyl sites for hydroxylation is 3. The number of para-hydroxylation sites is 1. The van der Waals surface area contributed by atoms with E-state index < -0.39 is 4.92 Å². The summed E-state index contributed by atoms with van der Waals surface area (Å²) >= 11 is 1.36. The molecular formula is C19H21N5O3S. The average Bonchev–Trinajstić information content (AvgIpc) is 3.15. The highest BCUT2D eigenvalue weighted by Gasteiger charge is 2.24. The van der Waals surface area contributed by atoms with E-state index in [1.165, 1.54) is 18.3 Å². The van der Waals surface area contributed by atoms with Crippen LogP contribution in [0.4, 0.5) is 16.5 Å². The number of carbonyl (C=O) groups excluding carboxylic acids is 1. The second-order valence-corrected chi connectivity index (χ2v) is 7.49. The normalized spacial score (nSPS) is 10.9. The summed E-state index contributed by atoms with van der Waals surface area (Å²) in [5, 5.41) is 17.9. The molecule has 0 bridgehead atoms. The summed E-state index contributed by atoms with van der Waals surface area (Å²) in [5.74, 6) is -0.125. The van der Waals surface area contributed by atoms with Crippen molar-refractivity contribution in [2.45, 2.75) is 41.2 Å². The van der Waals surface area contributed by atoms with Crippen molar-refractivity contribution >= 4 is 33.8 Å². The Hall–Kier alpha value is -3.07. The predicted molar refractivity (Wildman–Crippen MR) is 108 cm³/mol. The van der Waals surface area contributed by atoms with E-state index in [0.717, 1.165) is 16.8 Å². The van der Waals surface area contributed by atoms with Crippen molar-refractivity contribution in [2.75, 3.05) is 4.90 Å². The van der Waals surface area contributed by atoms with Crippen molar-refractivity contribution in [3.8, 4) is 0 Å². The van der Waals surface area contributed by atoms with Crippen LogP contribution in [0.5, 0.6) is 0 Å². The monoisotopic (exact) mass is 399 g/mol. The van der Waals surface area contributed by atoms with E-state index in [-0.39, 0.29) is 11.6 Å². The Morgan fingerprint density at radius 3 is 2.43 bits per heavy atom. The zero-order valence-corrected chi connectivity index (χ0v) is 17.2. The molecule has 0 radical (unpaired) electrons. The maximum Gasteiger partial charge on any atom is 0.312 e. The maximum absolute atomic E-state index is 12.4. The van der Waals surface area contributed by atoms with Gasteiger partial charge in [-0.05, 0) is 38.8 Å². The largest absolute Gasteiger partial charge is 0.312 e. The number of rotatable bonds is 5. The van der Waals surface area contributed by atoms with Crippen LogP contribution in [0, 0.1) is 37.8 Å². The van der Waals surface area contributed by atoms with Crippen LogP contribution >= 0.6 is 11.3 Å². The molecule has 3 aromatic rings. The minimum absolute atomic E-state index is 0.0244. The fourth-order valence-electron chi connectivity index (χ4n) is 3.28. The molecule has 0 saturated carbocycles. The molecule has 3 rings (SSSR count). The zero-order chi connectivity index (χ0) is 20.6. The van der Waals surface area contributed by atoms with E-state index in [1.807, 2.05) is 37.4 Å². The molecule has 1 amide bonds. The van der Waals surface area contributed by atoms with E-state index in [0.29, 0.717) is 28.8 Å². The third-order valence-corrected chi connectivity index (χ3v) is 5.42. The Balaban J connectivity index is 1.96. The highest BCUT2D eigenvalue weighted by Crippen LogP contribution is 2.34. The number of anilines is 2. The van der Waals surface area contributed by atoms with Gasteiger partial charge in [-0.15, -0.1) is 11.3 Å². The summed E-state index contributed by atoms with van der Waals surface area (Å²) in [6.07, 6.45) is 0. The smallest absolute Gasteiger partial charge is 0.274 e. The Kier molecular flexibility index (Phi) is 5.28. The van der Waals surface area contributed by atoms with Crippen LogP contribution in [0.1, 0.15) is 35.1 Å². The number of nitro groups is 1. The van der Waals surface area contributed by atoms with Gasteiger partial charge in [0.05, 0.1) is 22.8 Å². The quantitative estimate of drug-likeness (QED) is 0.473. The molecule has 0 aliphatic carbocycles. The lowest BCUT2D eigenvalue weighted by Gasteiger charge is -2.22. The molecule has 9 heteroatoms. The van der Waals surface area contributed by atoms with Crippen molar-refractivity contribution in [1.82, 2.24) is 14.8 Å². The Bertz CT molecular complexity index is 1050. The van der Waals surface area contributed by atoms with Gasteiger partial charge in [-0.1, -0.05) is 18.2 Å². The molecule has 2 aromatic heterocycles. The van der Waals surface area contributed by atoms with Crippen molar-refractivity contribution < 1.29 is 9.72 Å². The summed E-state index contributed by atoms with van der Waals surface area (Å²) in [7, 11) is 0. The van der Waals surface area contributed by atoms with Crippen LogP contribution in [0.3, 0.4) is 0 Å². The van der Waals surface area contributed by atoms with E-state index in [4.69, 9.17) is 0 Å². The van der Waals surface area contributed by atoms with Crippen LogP contribution in [-0.2, 0) is 11.3 Å². The molecule has 28 heavy (non-hydrogen) atoms. The Morgan fingerprint density at radius 1 is 1.25 bits per heavy atom. The van der Waals surface area contributed by atoms with Gasteiger partial charge >= 0.3 is 5.69 Å². The standard InChI is InChI=1S/C19H21N5O3S/c1-11-7-6-8-12(2)17(11)23(15(5)25)19-20-16(10-28-19)9-22-14(4)18(24(26)27)13(3)21-22/h6-8,10H,9H2,1-5H3. The molecule has 0 spiro atoms. The van der Waals surface area contributed by atoms with Gasteiger partial charge in [0.25, 0.3) is 0 Å². The highest BCUT2D eigenvalue weighted by molar-refractivity contribution is 7.14. The summed E-state index contributed by atoms with van der Waals surface area (Å²) in [5.41, 5.74) is 4.38. The lowest BCUT2D eigenvalue weighted by molar-refractivity contribution is -0.386. The first kappa shape index (κ1) is 19.7. The molecule has 0 fully saturated rings. The Morgan fingerprint density at radius 2 is 1.89 bits per heavy atom. The van der Waals surface area contributed by atoms with Crippen LogP contribution in [-0.4, -0.2) is 25.6 Å². The van der Waals surface area contributed by atoms with Gasteiger partial charge in [0.1, 0.15) is 11.4 Å². The van der Waals surface area contributed by atoms with Crippen LogP contribution in [0.2, 0.25) is 0 Å². The number of hydrogen-bond donors (Lipinski definition) is 0. The molecular weight excluding hydrogens is 378 g/mol. The first-order chi connectivity index (χ1) is 13.2. The molecule has 8 nitrogen and oxygen atoms in total. The second-order valence-electron chi connectivity index (χ2n) is 6.65. The number of benzene rings is 1. The SMILES string of the molecule is CC(=O)N(c1nc(Cn2nc(C)c([N+](=O)[O-])c2C)cs1)c1c(C)cccc1C. The summed E-state index contributed by atoms with van der Waals surface area (Å²) in [6, 6.07) is 5.87.